The van der Waals surface area contributed by atoms with E-state index in [1.165, 1.54) is 12.8 Å². The quantitative estimate of drug-likeness (QED) is 0.699. The molecule has 0 spiro atoms. The number of nitrogens with two attached hydrogens (primary N) is 1. The van der Waals surface area contributed by atoms with Crippen molar-refractivity contribution in [1.82, 2.24) is 10.2 Å². The summed E-state index contributed by atoms with van der Waals surface area (Å²) < 4.78 is 5.41. The molecule has 5 nitrogen and oxygen atoms in total. The van der Waals surface area contributed by atoms with Gasteiger partial charge in [0.2, 0.25) is 0 Å². The summed E-state index contributed by atoms with van der Waals surface area (Å²) in [4.78, 5) is 14.3. The second kappa shape index (κ2) is 7.38. The number of nitrogens with zero attached hydrogens (tertiary/aromatic N) is 1. The lowest BCUT2D eigenvalue weighted by molar-refractivity contribution is -0.123. The van der Waals surface area contributed by atoms with Crippen LogP contribution in [-0.2, 0) is 4.79 Å². The summed E-state index contributed by atoms with van der Waals surface area (Å²) in [5.41, 5.74) is 6.30. The van der Waals surface area contributed by atoms with Crippen molar-refractivity contribution >= 4 is 23.1 Å². The van der Waals surface area contributed by atoms with Crippen LogP contribution in [0.4, 0.5) is 0 Å². The predicted molar refractivity (Wildman–Crippen MR) is 86.5 cm³/mol. The first-order valence-corrected chi connectivity index (χ1v) is 7.46. The van der Waals surface area contributed by atoms with E-state index in [2.05, 4.69) is 17.3 Å². The molecule has 0 atom stereocenters. The van der Waals surface area contributed by atoms with E-state index in [4.69, 9.17) is 22.7 Å². The molecule has 3 N–H and O–H groups in total. The zero-order chi connectivity index (χ0) is 15.2. The predicted octanol–water partition coefficient (Wildman–Crippen LogP) is 0.910. The van der Waals surface area contributed by atoms with E-state index in [1.807, 2.05) is 0 Å². The molecule has 1 saturated carbocycles. The average Bonchev–Trinajstić information content (AvgIpc) is 3.30. The van der Waals surface area contributed by atoms with Gasteiger partial charge < -0.3 is 20.7 Å². The van der Waals surface area contributed by atoms with Crippen LogP contribution >= 0.6 is 12.2 Å². The van der Waals surface area contributed by atoms with Crippen LogP contribution in [0.25, 0.3) is 0 Å². The SMILES string of the molecule is CN(CCNC(=O)COc1ccc(C(N)=S)cc1)C1CC1. The molecule has 0 aromatic heterocycles. The Labute approximate surface area is 130 Å². The molecule has 0 radical (unpaired) electrons. The largest absolute Gasteiger partial charge is 0.484 e. The van der Waals surface area contributed by atoms with E-state index < -0.39 is 0 Å². The van der Waals surface area contributed by atoms with Gasteiger partial charge in [-0.05, 0) is 44.2 Å². The van der Waals surface area contributed by atoms with Crippen LogP contribution in [-0.4, -0.2) is 48.6 Å². The Bertz CT molecular complexity index is 500. The number of hydrogen-bond donors (Lipinski definition) is 2. The second-order valence-electron chi connectivity index (χ2n) is 5.24. The van der Waals surface area contributed by atoms with E-state index in [0.717, 1.165) is 12.1 Å². The highest BCUT2D eigenvalue weighted by Crippen LogP contribution is 2.24. The molecule has 2 rings (SSSR count). The van der Waals surface area contributed by atoms with E-state index >= 15 is 0 Å². The molecule has 0 aliphatic heterocycles. The number of nitrogens with one attached hydrogen (secondary N) is 1. The number of ether oxygens (including phenoxy) is 1. The number of rotatable bonds is 8. The molecular weight excluding hydrogens is 286 g/mol. The van der Waals surface area contributed by atoms with Crippen LogP contribution in [0.3, 0.4) is 0 Å². The molecule has 1 amide bonds. The van der Waals surface area contributed by atoms with Crippen molar-refractivity contribution in [1.29, 1.82) is 0 Å². The molecule has 1 aromatic carbocycles. The Hall–Kier alpha value is -1.66. The van der Waals surface area contributed by atoms with Crippen LogP contribution in [0.2, 0.25) is 0 Å². The molecular formula is C15H21N3O2S. The van der Waals surface area contributed by atoms with Gasteiger partial charge in [-0.3, -0.25) is 4.79 Å². The summed E-state index contributed by atoms with van der Waals surface area (Å²) in [5.74, 6) is 0.512. The lowest BCUT2D eigenvalue weighted by Crippen LogP contribution is -2.36. The molecule has 114 valence electrons. The molecule has 21 heavy (non-hydrogen) atoms. The van der Waals surface area contributed by atoms with E-state index in [1.54, 1.807) is 24.3 Å². The maximum absolute atomic E-state index is 11.7. The van der Waals surface area contributed by atoms with Gasteiger partial charge in [-0.1, -0.05) is 12.2 Å². The third-order valence-electron chi connectivity index (χ3n) is 3.47. The zero-order valence-electron chi connectivity index (χ0n) is 12.2. The van der Waals surface area contributed by atoms with Gasteiger partial charge >= 0.3 is 0 Å². The van der Waals surface area contributed by atoms with Gasteiger partial charge in [-0.25, -0.2) is 0 Å². The second-order valence-corrected chi connectivity index (χ2v) is 5.68. The smallest absolute Gasteiger partial charge is 0.257 e. The summed E-state index contributed by atoms with van der Waals surface area (Å²) in [6.45, 7) is 1.54. The number of hydrogen-bond acceptors (Lipinski definition) is 4. The molecule has 0 saturated heterocycles. The van der Waals surface area contributed by atoms with Gasteiger partial charge in [0, 0.05) is 24.7 Å². The minimum Gasteiger partial charge on any atom is -0.484 e. The van der Waals surface area contributed by atoms with Crippen molar-refractivity contribution in [3.8, 4) is 5.75 Å². The lowest BCUT2D eigenvalue weighted by Gasteiger charge is -2.15. The highest BCUT2D eigenvalue weighted by Gasteiger charge is 2.25. The van der Waals surface area contributed by atoms with Crippen LogP contribution in [0.1, 0.15) is 18.4 Å². The van der Waals surface area contributed by atoms with Gasteiger partial charge in [-0.2, -0.15) is 0 Å². The fourth-order valence-electron chi connectivity index (χ4n) is 1.98. The highest BCUT2D eigenvalue weighted by molar-refractivity contribution is 7.80. The number of amides is 1. The Morgan fingerprint density at radius 3 is 2.67 bits per heavy atom. The Balaban J connectivity index is 1.64. The number of benzene rings is 1. The maximum Gasteiger partial charge on any atom is 0.257 e. The third kappa shape index (κ3) is 5.32. The van der Waals surface area contributed by atoms with Crippen molar-refractivity contribution in [2.45, 2.75) is 18.9 Å². The van der Waals surface area contributed by atoms with Crippen molar-refractivity contribution in [2.75, 3.05) is 26.7 Å². The molecule has 6 heteroatoms. The minimum absolute atomic E-state index is 0.0135. The number of thiocarbonyl (C=S) groups is 1. The van der Waals surface area contributed by atoms with Crippen molar-refractivity contribution < 1.29 is 9.53 Å². The normalized spacial score (nSPS) is 14.0. The Morgan fingerprint density at radius 1 is 1.43 bits per heavy atom. The first-order chi connectivity index (χ1) is 10.1. The summed E-state index contributed by atoms with van der Waals surface area (Å²) in [7, 11) is 2.09. The average molecular weight is 307 g/mol. The van der Waals surface area contributed by atoms with Crippen LogP contribution in [0, 0.1) is 0 Å². The standard InChI is InChI=1S/C15H21N3O2S/c1-18(12-4-5-12)9-8-17-14(19)10-20-13-6-2-11(3-7-13)15(16)21/h2-3,6-7,12H,4-5,8-10H2,1H3,(H2,16,21)(H,17,19). The summed E-state index contributed by atoms with van der Waals surface area (Å²) in [6, 6.07) is 7.77. The first-order valence-electron chi connectivity index (χ1n) is 7.06. The van der Waals surface area contributed by atoms with Crippen LogP contribution in [0.15, 0.2) is 24.3 Å². The zero-order valence-corrected chi connectivity index (χ0v) is 13.0. The van der Waals surface area contributed by atoms with Gasteiger partial charge in [-0.15, -0.1) is 0 Å². The van der Waals surface area contributed by atoms with Crippen LogP contribution in [0.5, 0.6) is 5.75 Å². The summed E-state index contributed by atoms with van der Waals surface area (Å²) in [6.07, 6.45) is 2.55. The number of carbonyl (C=O) groups excluding carboxylic acids is 1. The molecule has 0 heterocycles. The topological polar surface area (TPSA) is 67.6 Å². The van der Waals surface area contributed by atoms with Gasteiger partial charge in [0.1, 0.15) is 10.7 Å². The van der Waals surface area contributed by atoms with E-state index in [0.29, 0.717) is 23.3 Å². The fraction of sp³-hybridized carbons (Fsp3) is 0.467. The van der Waals surface area contributed by atoms with Crippen LogP contribution < -0.4 is 15.8 Å². The van der Waals surface area contributed by atoms with Crippen molar-refractivity contribution in [3.05, 3.63) is 29.8 Å². The summed E-state index contributed by atoms with van der Waals surface area (Å²) in [5, 5.41) is 2.85. The first kappa shape index (κ1) is 15.7. The van der Waals surface area contributed by atoms with Crippen molar-refractivity contribution in [2.24, 2.45) is 5.73 Å². The minimum atomic E-state index is -0.113. The maximum atomic E-state index is 11.7. The molecule has 1 fully saturated rings. The number of likely N-dealkylation sites (N-methyl/N-ethyl adjacent to an activating group) is 1. The molecule has 1 aliphatic rings. The molecule has 0 unspecified atom stereocenters. The Kier molecular flexibility index (Phi) is 5.52. The van der Waals surface area contributed by atoms with Crippen molar-refractivity contribution in [3.63, 3.8) is 0 Å². The highest BCUT2D eigenvalue weighted by atomic mass is 32.1. The molecule has 1 aromatic rings. The third-order valence-corrected chi connectivity index (χ3v) is 3.70. The summed E-state index contributed by atoms with van der Waals surface area (Å²) >= 11 is 4.87. The molecule has 1 aliphatic carbocycles. The molecule has 0 bridgehead atoms. The van der Waals surface area contributed by atoms with Gasteiger partial charge in [0.05, 0.1) is 0 Å². The lowest BCUT2D eigenvalue weighted by atomic mass is 10.2. The Morgan fingerprint density at radius 2 is 2.10 bits per heavy atom. The van der Waals surface area contributed by atoms with E-state index in [9.17, 15) is 4.79 Å². The fourth-order valence-corrected chi connectivity index (χ4v) is 2.12. The van der Waals surface area contributed by atoms with Gasteiger partial charge in [0.25, 0.3) is 5.91 Å². The van der Waals surface area contributed by atoms with Gasteiger partial charge in [0.15, 0.2) is 6.61 Å². The monoisotopic (exact) mass is 307 g/mol. The van der Waals surface area contributed by atoms with E-state index in [-0.39, 0.29) is 12.5 Å². The number of carbonyl (C=O) groups is 1.